The van der Waals surface area contributed by atoms with Gasteiger partial charge in [-0.2, -0.15) is 0 Å². The van der Waals surface area contributed by atoms with Crippen LogP contribution in [-0.2, 0) is 10.0 Å². The fraction of sp³-hybridized carbons (Fsp3) is 0. The van der Waals surface area contributed by atoms with Crippen molar-refractivity contribution in [2.24, 2.45) is 0 Å². The van der Waals surface area contributed by atoms with E-state index in [9.17, 15) is 8.42 Å². The minimum absolute atomic E-state index is 0.0708. The second kappa shape index (κ2) is 3.81. The van der Waals surface area contributed by atoms with E-state index in [0.29, 0.717) is 0 Å². The topological polar surface area (TPSA) is 111 Å². The quantitative estimate of drug-likeness (QED) is 0.805. The Morgan fingerprint density at radius 3 is 2.81 bits per heavy atom. The van der Waals surface area contributed by atoms with Crippen molar-refractivity contribution in [2.45, 2.75) is 4.90 Å². The molecule has 2 aromatic rings. The molecule has 0 bridgehead atoms. The van der Waals surface area contributed by atoms with E-state index in [1.807, 2.05) is 0 Å². The van der Waals surface area contributed by atoms with Gasteiger partial charge in [0.2, 0.25) is 0 Å². The Hall–Kier alpha value is -2.09. The normalized spacial score (nSPS) is 11.2. The maximum Gasteiger partial charge on any atom is 0.266 e. The zero-order valence-electron chi connectivity index (χ0n) is 7.99. The average molecular weight is 240 g/mol. The third-order valence-electron chi connectivity index (χ3n) is 1.77. The first-order valence-electron chi connectivity index (χ1n) is 4.23. The third-order valence-corrected chi connectivity index (χ3v) is 3.17. The number of pyridine rings is 1. The van der Waals surface area contributed by atoms with Crippen molar-refractivity contribution in [2.75, 3.05) is 10.5 Å². The highest BCUT2D eigenvalue weighted by Crippen LogP contribution is 2.17. The van der Waals surface area contributed by atoms with Crippen molar-refractivity contribution in [1.82, 2.24) is 10.1 Å². The molecule has 0 unspecified atom stereocenters. The molecule has 0 aliphatic heterocycles. The Morgan fingerprint density at radius 1 is 1.38 bits per heavy atom. The molecule has 0 saturated heterocycles. The number of nitrogens with zero attached hydrogens (tertiary/aromatic N) is 2. The summed E-state index contributed by atoms with van der Waals surface area (Å²) >= 11 is 0. The molecule has 0 aliphatic carbocycles. The Bertz CT molecular complexity index is 579. The first kappa shape index (κ1) is 10.4. The van der Waals surface area contributed by atoms with Gasteiger partial charge in [-0.15, -0.1) is 0 Å². The number of hydrogen-bond acceptors (Lipinski definition) is 6. The van der Waals surface area contributed by atoms with Crippen molar-refractivity contribution < 1.29 is 12.9 Å². The molecule has 0 amide bonds. The van der Waals surface area contributed by atoms with Gasteiger partial charge in [0, 0.05) is 12.3 Å². The van der Waals surface area contributed by atoms with E-state index in [1.54, 1.807) is 0 Å². The zero-order chi connectivity index (χ0) is 11.6. The zero-order valence-corrected chi connectivity index (χ0v) is 8.81. The van der Waals surface area contributed by atoms with Crippen LogP contribution in [0.5, 0.6) is 0 Å². The second-order valence-electron chi connectivity index (χ2n) is 2.88. The summed E-state index contributed by atoms with van der Waals surface area (Å²) in [4.78, 5) is 3.59. The van der Waals surface area contributed by atoms with Gasteiger partial charge in [-0.1, -0.05) is 5.16 Å². The van der Waals surface area contributed by atoms with Crippen molar-refractivity contribution in [1.29, 1.82) is 0 Å². The monoisotopic (exact) mass is 240 g/mol. The predicted molar refractivity (Wildman–Crippen MR) is 56.0 cm³/mol. The van der Waals surface area contributed by atoms with Gasteiger partial charge in [-0.25, -0.2) is 13.4 Å². The van der Waals surface area contributed by atoms with E-state index in [1.165, 1.54) is 30.7 Å². The molecule has 3 N–H and O–H groups in total. The lowest BCUT2D eigenvalue weighted by Gasteiger charge is -2.05. The van der Waals surface area contributed by atoms with Gasteiger partial charge in [-0.3, -0.25) is 4.72 Å². The highest BCUT2D eigenvalue weighted by atomic mass is 32.2. The van der Waals surface area contributed by atoms with Crippen LogP contribution in [0.2, 0.25) is 0 Å². The molecule has 16 heavy (non-hydrogen) atoms. The summed E-state index contributed by atoms with van der Waals surface area (Å²) in [6.45, 7) is 0. The molecule has 84 valence electrons. The summed E-state index contributed by atoms with van der Waals surface area (Å²) in [6, 6.07) is 4.21. The molecule has 2 rings (SSSR count). The van der Waals surface area contributed by atoms with E-state index >= 15 is 0 Å². The molecule has 0 radical (unpaired) electrons. The molecule has 2 heterocycles. The van der Waals surface area contributed by atoms with Crippen LogP contribution < -0.4 is 10.5 Å². The molecule has 2 aromatic heterocycles. The summed E-state index contributed by atoms with van der Waals surface area (Å²) in [5.41, 5.74) is 5.46. The molecule has 7 nitrogen and oxygen atoms in total. The van der Waals surface area contributed by atoms with Crippen LogP contribution in [0.3, 0.4) is 0 Å². The van der Waals surface area contributed by atoms with Gasteiger partial charge in [0.05, 0.1) is 0 Å². The number of nitrogen functional groups attached to an aromatic ring is 1. The van der Waals surface area contributed by atoms with Crippen LogP contribution in [-0.4, -0.2) is 18.6 Å². The van der Waals surface area contributed by atoms with Gasteiger partial charge in [0.15, 0.2) is 5.82 Å². The Labute approximate surface area is 91.3 Å². The van der Waals surface area contributed by atoms with Gasteiger partial charge < -0.3 is 10.3 Å². The highest BCUT2D eigenvalue weighted by Gasteiger charge is 2.18. The van der Waals surface area contributed by atoms with Gasteiger partial charge >= 0.3 is 0 Å². The molecule has 0 aliphatic rings. The molecule has 0 spiro atoms. The van der Waals surface area contributed by atoms with Crippen LogP contribution in [0.15, 0.2) is 40.1 Å². The fourth-order valence-corrected chi connectivity index (χ4v) is 2.16. The fourth-order valence-electron chi connectivity index (χ4n) is 1.09. The van der Waals surface area contributed by atoms with Crippen molar-refractivity contribution in [3.8, 4) is 0 Å². The number of aromatic nitrogens is 2. The SMILES string of the molecule is Nc1ncccc1S(=O)(=O)Nc1ccon1. The summed E-state index contributed by atoms with van der Waals surface area (Å²) in [7, 11) is -3.77. The third kappa shape index (κ3) is 1.96. The van der Waals surface area contributed by atoms with Crippen LogP contribution in [0.4, 0.5) is 11.6 Å². The number of nitrogens with one attached hydrogen (secondary N) is 1. The van der Waals surface area contributed by atoms with Crippen LogP contribution in [0.1, 0.15) is 0 Å². The van der Waals surface area contributed by atoms with Gasteiger partial charge in [-0.05, 0) is 12.1 Å². The standard InChI is InChI=1S/C8H8N4O3S/c9-8-6(2-1-4-10-8)16(13,14)12-7-3-5-15-11-7/h1-5H,(H2,9,10)(H,11,12). The highest BCUT2D eigenvalue weighted by molar-refractivity contribution is 7.92. The molecular formula is C8H8N4O3S. The first-order chi connectivity index (χ1) is 7.59. The van der Waals surface area contributed by atoms with Crippen molar-refractivity contribution >= 4 is 21.7 Å². The minimum Gasteiger partial charge on any atom is -0.383 e. The Morgan fingerprint density at radius 2 is 2.19 bits per heavy atom. The summed E-state index contributed by atoms with van der Waals surface area (Å²) in [6.07, 6.45) is 2.66. The Balaban J connectivity index is 2.37. The maximum atomic E-state index is 11.8. The van der Waals surface area contributed by atoms with E-state index in [2.05, 4.69) is 19.4 Å². The number of sulfonamides is 1. The van der Waals surface area contributed by atoms with Gasteiger partial charge in [0.1, 0.15) is 17.0 Å². The lowest BCUT2D eigenvalue weighted by Crippen LogP contribution is -2.15. The van der Waals surface area contributed by atoms with Gasteiger partial charge in [0.25, 0.3) is 10.0 Å². The Kier molecular flexibility index (Phi) is 2.49. The number of hydrogen-bond donors (Lipinski definition) is 2. The van der Waals surface area contributed by atoms with E-state index in [4.69, 9.17) is 5.73 Å². The van der Waals surface area contributed by atoms with Crippen molar-refractivity contribution in [3.05, 3.63) is 30.7 Å². The molecule has 8 heteroatoms. The largest absolute Gasteiger partial charge is 0.383 e. The van der Waals surface area contributed by atoms with E-state index < -0.39 is 10.0 Å². The van der Waals surface area contributed by atoms with E-state index in [-0.39, 0.29) is 16.5 Å². The number of nitrogens with two attached hydrogens (primary N) is 1. The first-order valence-corrected chi connectivity index (χ1v) is 5.71. The summed E-state index contributed by atoms with van der Waals surface area (Å²) in [5, 5.41) is 3.43. The molecule has 0 fully saturated rings. The second-order valence-corrected chi connectivity index (χ2v) is 4.53. The molecule has 0 saturated carbocycles. The molecule has 0 atom stereocenters. The minimum atomic E-state index is -3.77. The van der Waals surface area contributed by atoms with Crippen LogP contribution >= 0.6 is 0 Å². The van der Waals surface area contributed by atoms with Crippen molar-refractivity contribution in [3.63, 3.8) is 0 Å². The number of anilines is 2. The predicted octanol–water partition coefficient (Wildman–Crippen LogP) is 0.453. The summed E-state index contributed by atoms with van der Waals surface area (Å²) in [5.74, 6) is 0.0155. The molecule has 0 aromatic carbocycles. The van der Waals surface area contributed by atoms with E-state index in [0.717, 1.165) is 0 Å². The smallest absolute Gasteiger partial charge is 0.266 e. The average Bonchev–Trinajstić information content (AvgIpc) is 2.70. The van der Waals surface area contributed by atoms with Crippen LogP contribution in [0, 0.1) is 0 Å². The van der Waals surface area contributed by atoms with Crippen LogP contribution in [0.25, 0.3) is 0 Å². The lowest BCUT2D eigenvalue weighted by atomic mass is 10.5. The number of rotatable bonds is 3. The summed E-state index contributed by atoms with van der Waals surface area (Å²) < 4.78 is 30.3. The molecular weight excluding hydrogens is 232 g/mol. The maximum absolute atomic E-state index is 11.8. The lowest BCUT2D eigenvalue weighted by molar-refractivity contribution is 0.423.